The smallest absolute Gasteiger partial charge is 0.287 e. The van der Waals surface area contributed by atoms with Crippen molar-refractivity contribution in [2.45, 2.75) is 6.92 Å². The lowest BCUT2D eigenvalue weighted by molar-refractivity contribution is 0.0922. The molecular formula is C14H18N2O2. The number of nitrogens with one attached hydrogen (secondary N) is 2. The highest BCUT2D eigenvalue weighted by Gasteiger charge is 2.12. The Bertz CT molecular complexity index is 500. The predicted octanol–water partition coefficient (Wildman–Crippen LogP) is 2.02. The maximum Gasteiger partial charge on any atom is 0.287 e. The first-order valence-electron chi connectivity index (χ1n) is 6.12. The molecule has 18 heavy (non-hydrogen) atoms. The highest BCUT2D eigenvalue weighted by Crippen LogP contribution is 2.18. The van der Waals surface area contributed by atoms with Crippen LogP contribution in [0.2, 0.25) is 0 Å². The normalized spacial score (nSPS) is 12.6. The second-order valence-electron chi connectivity index (χ2n) is 4.52. The van der Waals surface area contributed by atoms with Crippen LogP contribution in [0, 0.1) is 5.92 Å². The Morgan fingerprint density at radius 2 is 2.11 bits per heavy atom. The number of carbonyl (C=O) groups excluding carboxylic acids is 1. The van der Waals surface area contributed by atoms with Gasteiger partial charge in [-0.3, -0.25) is 4.79 Å². The van der Waals surface area contributed by atoms with E-state index in [0.717, 1.165) is 17.5 Å². The van der Waals surface area contributed by atoms with E-state index in [2.05, 4.69) is 17.6 Å². The van der Waals surface area contributed by atoms with Crippen LogP contribution in [-0.2, 0) is 0 Å². The van der Waals surface area contributed by atoms with Gasteiger partial charge in [-0.25, -0.2) is 0 Å². The molecule has 1 amide bonds. The van der Waals surface area contributed by atoms with Crippen molar-refractivity contribution >= 4 is 16.9 Å². The molecule has 1 unspecified atom stereocenters. The van der Waals surface area contributed by atoms with E-state index in [1.54, 1.807) is 6.07 Å². The van der Waals surface area contributed by atoms with Crippen LogP contribution in [0.25, 0.3) is 11.0 Å². The Kier molecular flexibility index (Phi) is 3.99. The molecule has 0 bridgehead atoms. The minimum atomic E-state index is -0.158. The molecule has 1 atom stereocenters. The van der Waals surface area contributed by atoms with Crippen LogP contribution in [-0.4, -0.2) is 26.0 Å². The van der Waals surface area contributed by atoms with Gasteiger partial charge in [0, 0.05) is 11.9 Å². The van der Waals surface area contributed by atoms with Crippen molar-refractivity contribution in [1.82, 2.24) is 10.6 Å². The molecule has 1 heterocycles. The number of para-hydroxylation sites is 1. The SMILES string of the molecule is CNCC(C)CNC(=O)c1cc2ccccc2o1. The molecule has 4 heteroatoms. The minimum absolute atomic E-state index is 0.158. The molecule has 0 aliphatic heterocycles. The summed E-state index contributed by atoms with van der Waals surface area (Å²) in [6.45, 7) is 3.59. The van der Waals surface area contributed by atoms with E-state index in [1.165, 1.54) is 0 Å². The fourth-order valence-electron chi connectivity index (χ4n) is 1.87. The molecule has 0 saturated heterocycles. The monoisotopic (exact) mass is 246 g/mol. The molecule has 0 fully saturated rings. The average Bonchev–Trinajstić information content (AvgIpc) is 2.80. The van der Waals surface area contributed by atoms with Gasteiger partial charge in [-0.15, -0.1) is 0 Å². The van der Waals surface area contributed by atoms with E-state index >= 15 is 0 Å². The second kappa shape index (κ2) is 5.69. The number of hydrogen-bond donors (Lipinski definition) is 2. The maximum absolute atomic E-state index is 11.9. The third-order valence-electron chi connectivity index (χ3n) is 2.81. The van der Waals surface area contributed by atoms with E-state index in [9.17, 15) is 4.79 Å². The summed E-state index contributed by atoms with van der Waals surface area (Å²) in [6.07, 6.45) is 0. The Labute approximate surface area is 106 Å². The Morgan fingerprint density at radius 1 is 1.33 bits per heavy atom. The van der Waals surface area contributed by atoms with E-state index in [0.29, 0.717) is 18.2 Å². The van der Waals surface area contributed by atoms with Crippen molar-refractivity contribution in [2.24, 2.45) is 5.92 Å². The number of carbonyl (C=O) groups is 1. The lowest BCUT2D eigenvalue weighted by Gasteiger charge is -2.10. The van der Waals surface area contributed by atoms with Gasteiger partial charge in [-0.05, 0) is 31.6 Å². The van der Waals surface area contributed by atoms with Gasteiger partial charge in [0.2, 0.25) is 0 Å². The fraction of sp³-hybridized carbons (Fsp3) is 0.357. The summed E-state index contributed by atoms with van der Waals surface area (Å²) in [5, 5.41) is 6.90. The molecule has 1 aromatic carbocycles. The fourth-order valence-corrected chi connectivity index (χ4v) is 1.87. The Hall–Kier alpha value is -1.81. The Balaban J connectivity index is 2.00. The number of rotatable bonds is 5. The van der Waals surface area contributed by atoms with Crippen molar-refractivity contribution in [3.05, 3.63) is 36.1 Å². The van der Waals surface area contributed by atoms with Gasteiger partial charge < -0.3 is 15.1 Å². The molecule has 0 aliphatic carbocycles. The highest BCUT2D eigenvalue weighted by molar-refractivity contribution is 5.96. The van der Waals surface area contributed by atoms with Crippen molar-refractivity contribution in [1.29, 1.82) is 0 Å². The van der Waals surface area contributed by atoms with Gasteiger partial charge >= 0.3 is 0 Å². The van der Waals surface area contributed by atoms with E-state index in [-0.39, 0.29) is 5.91 Å². The lowest BCUT2D eigenvalue weighted by Crippen LogP contribution is -2.31. The Morgan fingerprint density at radius 3 is 2.83 bits per heavy atom. The van der Waals surface area contributed by atoms with Gasteiger partial charge in [-0.1, -0.05) is 25.1 Å². The van der Waals surface area contributed by atoms with Crippen LogP contribution >= 0.6 is 0 Å². The van der Waals surface area contributed by atoms with Crippen LogP contribution in [0.15, 0.2) is 34.7 Å². The summed E-state index contributed by atoms with van der Waals surface area (Å²) >= 11 is 0. The molecule has 1 aromatic heterocycles. The quantitative estimate of drug-likeness (QED) is 0.848. The number of furan rings is 1. The molecule has 2 rings (SSSR count). The van der Waals surface area contributed by atoms with Gasteiger partial charge in [0.15, 0.2) is 5.76 Å². The number of amides is 1. The lowest BCUT2D eigenvalue weighted by atomic mass is 10.2. The third-order valence-corrected chi connectivity index (χ3v) is 2.81. The topological polar surface area (TPSA) is 54.3 Å². The van der Waals surface area contributed by atoms with Crippen molar-refractivity contribution < 1.29 is 9.21 Å². The average molecular weight is 246 g/mol. The van der Waals surface area contributed by atoms with Gasteiger partial charge in [0.1, 0.15) is 5.58 Å². The summed E-state index contributed by atoms with van der Waals surface area (Å²) in [5.74, 6) is 0.602. The standard InChI is InChI=1S/C14H18N2O2/c1-10(8-15-2)9-16-14(17)13-7-11-5-3-4-6-12(11)18-13/h3-7,10,15H,8-9H2,1-2H3,(H,16,17). The highest BCUT2D eigenvalue weighted by atomic mass is 16.3. The van der Waals surface area contributed by atoms with E-state index in [4.69, 9.17) is 4.42 Å². The van der Waals surface area contributed by atoms with Gasteiger partial charge in [-0.2, -0.15) is 0 Å². The van der Waals surface area contributed by atoms with Crippen LogP contribution < -0.4 is 10.6 Å². The van der Waals surface area contributed by atoms with Crippen LogP contribution in [0.1, 0.15) is 17.5 Å². The molecule has 4 nitrogen and oxygen atoms in total. The zero-order valence-electron chi connectivity index (χ0n) is 10.7. The summed E-state index contributed by atoms with van der Waals surface area (Å²) in [7, 11) is 1.90. The first-order chi connectivity index (χ1) is 8.70. The van der Waals surface area contributed by atoms with Crippen molar-refractivity contribution in [2.75, 3.05) is 20.1 Å². The van der Waals surface area contributed by atoms with Crippen molar-refractivity contribution in [3.63, 3.8) is 0 Å². The summed E-state index contributed by atoms with van der Waals surface area (Å²) < 4.78 is 5.49. The van der Waals surface area contributed by atoms with Gasteiger partial charge in [0.05, 0.1) is 0 Å². The van der Waals surface area contributed by atoms with Crippen molar-refractivity contribution in [3.8, 4) is 0 Å². The first kappa shape index (κ1) is 12.6. The predicted molar refractivity (Wildman–Crippen MR) is 71.6 cm³/mol. The van der Waals surface area contributed by atoms with Crippen LogP contribution in [0.3, 0.4) is 0 Å². The summed E-state index contributed by atoms with van der Waals surface area (Å²) in [4.78, 5) is 11.9. The molecule has 2 N–H and O–H groups in total. The molecule has 0 radical (unpaired) electrons. The second-order valence-corrected chi connectivity index (χ2v) is 4.52. The minimum Gasteiger partial charge on any atom is -0.451 e. The number of fused-ring (bicyclic) bond motifs is 1. The number of hydrogen-bond acceptors (Lipinski definition) is 3. The molecule has 0 spiro atoms. The third kappa shape index (κ3) is 2.90. The number of benzene rings is 1. The van der Waals surface area contributed by atoms with E-state index in [1.807, 2.05) is 31.3 Å². The van der Waals surface area contributed by atoms with E-state index < -0.39 is 0 Å². The molecule has 0 aliphatic rings. The summed E-state index contributed by atoms with van der Waals surface area (Å²) in [5.41, 5.74) is 0.742. The first-order valence-corrected chi connectivity index (χ1v) is 6.12. The van der Waals surface area contributed by atoms with Crippen LogP contribution in [0.5, 0.6) is 0 Å². The largest absolute Gasteiger partial charge is 0.451 e. The van der Waals surface area contributed by atoms with Crippen LogP contribution in [0.4, 0.5) is 0 Å². The summed E-state index contributed by atoms with van der Waals surface area (Å²) in [6, 6.07) is 9.37. The molecule has 0 saturated carbocycles. The molecular weight excluding hydrogens is 228 g/mol. The molecule has 96 valence electrons. The van der Waals surface area contributed by atoms with Gasteiger partial charge in [0.25, 0.3) is 5.91 Å². The maximum atomic E-state index is 11.9. The molecule has 2 aromatic rings. The zero-order valence-corrected chi connectivity index (χ0v) is 10.7. The zero-order chi connectivity index (χ0) is 13.0.